The van der Waals surface area contributed by atoms with Gasteiger partial charge in [0.2, 0.25) is 10.0 Å². The summed E-state index contributed by atoms with van der Waals surface area (Å²) >= 11 is 0. The Balaban J connectivity index is 1.92. The van der Waals surface area contributed by atoms with Crippen LogP contribution in [0.3, 0.4) is 0 Å². The Morgan fingerprint density at radius 3 is 2.28 bits per heavy atom. The van der Waals surface area contributed by atoms with Crippen molar-refractivity contribution in [3.63, 3.8) is 0 Å². The molecule has 0 aliphatic heterocycles. The number of nitrogens with zero attached hydrogens (tertiary/aromatic N) is 1. The molecule has 2 rings (SSSR count). The van der Waals surface area contributed by atoms with Crippen molar-refractivity contribution >= 4 is 21.6 Å². The summed E-state index contributed by atoms with van der Waals surface area (Å²) in [5.41, 5.74) is 1.68. The van der Waals surface area contributed by atoms with Crippen molar-refractivity contribution in [3.8, 4) is 0 Å². The average Bonchev–Trinajstić information content (AvgIpc) is 2.65. The normalized spacial score (nSPS) is 20.3. The van der Waals surface area contributed by atoms with E-state index in [1.807, 2.05) is 0 Å². The van der Waals surface area contributed by atoms with Crippen LogP contribution in [0.1, 0.15) is 62.4 Å². The predicted octanol–water partition coefficient (Wildman–Crippen LogP) is 3.55. The minimum atomic E-state index is -3.33. The second-order valence-electron chi connectivity index (χ2n) is 9.08. The van der Waals surface area contributed by atoms with Gasteiger partial charge in [-0.2, -0.15) is 0 Å². The summed E-state index contributed by atoms with van der Waals surface area (Å²) in [7, 11) is 0.00621. The van der Waals surface area contributed by atoms with Gasteiger partial charge in [-0.1, -0.05) is 0 Å². The minimum Gasteiger partial charge on any atom is -0.385 e. The number of alkyl halides is 1. The van der Waals surface area contributed by atoms with Crippen molar-refractivity contribution < 1.29 is 17.6 Å². The van der Waals surface area contributed by atoms with E-state index < -0.39 is 21.4 Å². The van der Waals surface area contributed by atoms with Gasteiger partial charge in [0.25, 0.3) is 5.91 Å². The van der Waals surface area contributed by atoms with E-state index in [0.717, 1.165) is 31.4 Å². The summed E-state index contributed by atoms with van der Waals surface area (Å²) in [4.78, 5) is 13.7. The van der Waals surface area contributed by atoms with Gasteiger partial charge in [0, 0.05) is 37.9 Å². The molecule has 1 fully saturated rings. The smallest absolute Gasteiger partial charge is 0.253 e. The summed E-state index contributed by atoms with van der Waals surface area (Å²) in [5.74, 6) is 0.252. The molecule has 0 unspecified atom stereocenters. The van der Waals surface area contributed by atoms with Crippen LogP contribution >= 0.6 is 0 Å². The van der Waals surface area contributed by atoms with Gasteiger partial charge < -0.3 is 10.2 Å². The number of hydrogen-bond acceptors (Lipinski definition) is 4. The molecule has 0 bridgehead atoms. The molecule has 1 amide bonds. The first kappa shape index (κ1) is 23.6. The molecule has 1 aliphatic rings. The molecule has 0 heterocycles. The Hall–Kier alpha value is -1.67. The highest BCUT2D eigenvalue weighted by Gasteiger charge is 2.32. The SMILES string of the molecule is CN(C)C(=O)c1cc(CF)cc(NCC2CCC(NS(=O)(=O)C(C)(C)C)CC2)c1. The molecule has 0 saturated heterocycles. The Morgan fingerprint density at radius 2 is 1.76 bits per heavy atom. The van der Waals surface area contributed by atoms with Gasteiger partial charge >= 0.3 is 0 Å². The van der Waals surface area contributed by atoms with E-state index in [-0.39, 0.29) is 11.9 Å². The predicted molar refractivity (Wildman–Crippen MR) is 115 cm³/mol. The molecule has 1 aliphatic carbocycles. The van der Waals surface area contributed by atoms with Crippen molar-refractivity contribution in [1.82, 2.24) is 9.62 Å². The van der Waals surface area contributed by atoms with Crippen molar-refractivity contribution in [2.75, 3.05) is 26.0 Å². The Morgan fingerprint density at radius 1 is 1.14 bits per heavy atom. The first-order chi connectivity index (χ1) is 13.4. The van der Waals surface area contributed by atoms with E-state index in [1.54, 1.807) is 53.1 Å². The zero-order chi connectivity index (χ0) is 21.8. The Labute approximate surface area is 174 Å². The van der Waals surface area contributed by atoms with Crippen LogP contribution in [-0.4, -0.2) is 50.7 Å². The van der Waals surface area contributed by atoms with Crippen molar-refractivity contribution in [1.29, 1.82) is 0 Å². The third-order valence-corrected chi connectivity index (χ3v) is 7.63. The van der Waals surface area contributed by atoms with E-state index in [2.05, 4.69) is 10.0 Å². The van der Waals surface area contributed by atoms with Crippen molar-refractivity contribution in [2.24, 2.45) is 5.92 Å². The largest absolute Gasteiger partial charge is 0.385 e. The van der Waals surface area contributed by atoms with E-state index in [4.69, 9.17) is 0 Å². The number of sulfonamides is 1. The second-order valence-corrected chi connectivity index (χ2v) is 11.6. The topological polar surface area (TPSA) is 78.5 Å². The van der Waals surface area contributed by atoms with Crippen LogP contribution in [0.15, 0.2) is 18.2 Å². The standard InChI is InChI=1S/C21H34FN3O3S/c1-21(2,3)29(27,28)24-18-8-6-15(7-9-18)14-23-19-11-16(13-22)10-17(12-19)20(26)25(4)5/h10-12,15,18,23-24H,6-9,13-14H2,1-5H3. The first-order valence-corrected chi connectivity index (χ1v) is 11.6. The molecule has 1 saturated carbocycles. The highest BCUT2D eigenvalue weighted by molar-refractivity contribution is 7.90. The number of anilines is 1. The molecule has 0 aromatic heterocycles. The number of hydrogen-bond donors (Lipinski definition) is 2. The fraction of sp³-hybridized carbons (Fsp3) is 0.667. The van der Waals surface area contributed by atoms with E-state index >= 15 is 0 Å². The molecular formula is C21H34FN3O3S. The number of carbonyl (C=O) groups is 1. The molecule has 0 radical (unpaired) electrons. The van der Waals surface area contributed by atoms with Crippen molar-refractivity contribution in [3.05, 3.63) is 29.3 Å². The number of benzene rings is 1. The van der Waals surface area contributed by atoms with Gasteiger partial charge in [0.1, 0.15) is 6.67 Å². The van der Waals surface area contributed by atoms with E-state index in [1.165, 1.54) is 4.90 Å². The highest BCUT2D eigenvalue weighted by atomic mass is 32.2. The Kier molecular flexibility index (Phi) is 7.67. The lowest BCUT2D eigenvalue weighted by Crippen LogP contribution is -2.46. The first-order valence-electron chi connectivity index (χ1n) is 10.1. The summed E-state index contributed by atoms with van der Waals surface area (Å²) in [6.45, 7) is 5.19. The monoisotopic (exact) mass is 427 g/mol. The Bertz CT molecular complexity index is 811. The fourth-order valence-corrected chi connectivity index (χ4v) is 4.42. The van der Waals surface area contributed by atoms with Crippen LogP contribution in [0.4, 0.5) is 10.1 Å². The summed E-state index contributed by atoms with van der Waals surface area (Å²) in [6.07, 6.45) is 3.43. The van der Waals surface area contributed by atoms with Gasteiger partial charge in [-0.05, 0) is 76.1 Å². The third kappa shape index (κ3) is 6.40. The van der Waals surface area contributed by atoms with Gasteiger partial charge in [-0.15, -0.1) is 0 Å². The lowest BCUT2D eigenvalue weighted by atomic mass is 9.86. The fourth-order valence-electron chi connectivity index (χ4n) is 3.40. The molecule has 2 N–H and O–H groups in total. The van der Waals surface area contributed by atoms with Crippen LogP contribution in [0.2, 0.25) is 0 Å². The van der Waals surface area contributed by atoms with Crippen LogP contribution in [0.25, 0.3) is 0 Å². The molecule has 8 heteroatoms. The number of rotatable bonds is 7. The zero-order valence-corrected chi connectivity index (χ0v) is 18.9. The molecule has 29 heavy (non-hydrogen) atoms. The lowest BCUT2D eigenvalue weighted by Gasteiger charge is -2.31. The quantitative estimate of drug-likeness (QED) is 0.698. The molecule has 0 spiro atoms. The van der Waals surface area contributed by atoms with Crippen LogP contribution in [0.5, 0.6) is 0 Å². The number of amides is 1. The molecule has 6 nitrogen and oxygen atoms in total. The van der Waals surface area contributed by atoms with Crippen LogP contribution < -0.4 is 10.0 Å². The maximum Gasteiger partial charge on any atom is 0.253 e. The average molecular weight is 428 g/mol. The van der Waals surface area contributed by atoms with Crippen LogP contribution in [-0.2, 0) is 16.7 Å². The van der Waals surface area contributed by atoms with Gasteiger partial charge in [-0.3, -0.25) is 4.79 Å². The van der Waals surface area contributed by atoms with E-state index in [9.17, 15) is 17.6 Å². The molecule has 0 atom stereocenters. The zero-order valence-electron chi connectivity index (χ0n) is 18.1. The number of halogens is 1. The third-order valence-electron chi connectivity index (χ3n) is 5.37. The summed E-state index contributed by atoms with van der Waals surface area (Å²) in [6, 6.07) is 5.05. The highest BCUT2D eigenvalue weighted by Crippen LogP contribution is 2.27. The van der Waals surface area contributed by atoms with Gasteiger partial charge in [0.15, 0.2) is 0 Å². The maximum atomic E-state index is 13.2. The molecular weight excluding hydrogens is 393 g/mol. The molecule has 1 aromatic carbocycles. The van der Waals surface area contributed by atoms with Gasteiger partial charge in [0.05, 0.1) is 4.75 Å². The summed E-state index contributed by atoms with van der Waals surface area (Å²) < 4.78 is 39.9. The van der Waals surface area contributed by atoms with Gasteiger partial charge in [-0.25, -0.2) is 17.5 Å². The van der Waals surface area contributed by atoms with Crippen molar-refractivity contribution in [2.45, 2.75) is 63.9 Å². The lowest BCUT2D eigenvalue weighted by molar-refractivity contribution is 0.0827. The molecule has 1 aromatic rings. The van der Waals surface area contributed by atoms with Crippen LogP contribution in [0, 0.1) is 5.92 Å². The second kappa shape index (κ2) is 9.43. The maximum absolute atomic E-state index is 13.2. The van der Waals surface area contributed by atoms with E-state index in [0.29, 0.717) is 23.6 Å². The number of carbonyl (C=O) groups excluding carboxylic acids is 1. The summed E-state index contributed by atoms with van der Waals surface area (Å²) in [5, 5.41) is 3.33. The molecule has 164 valence electrons. The minimum absolute atomic E-state index is 0.0188. The number of nitrogens with one attached hydrogen (secondary N) is 2.